The maximum Gasteiger partial charge on any atom is 0.282 e. The molecule has 0 N–H and O–H groups in total. The molecule has 33 heavy (non-hydrogen) atoms. The van der Waals surface area contributed by atoms with Gasteiger partial charge >= 0.3 is 0 Å². The van der Waals surface area contributed by atoms with Crippen molar-refractivity contribution in [3.05, 3.63) is 0 Å². The van der Waals surface area contributed by atoms with Gasteiger partial charge in [-0.2, -0.15) is 0 Å². The van der Waals surface area contributed by atoms with E-state index >= 15 is 0 Å². The second-order valence-corrected chi connectivity index (χ2v) is 9.72. The van der Waals surface area contributed by atoms with E-state index in [-0.39, 0.29) is 0 Å². The van der Waals surface area contributed by atoms with Gasteiger partial charge in [0, 0.05) is 13.0 Å². The Hall–Kier alpha value is -0.200. The van der Waals surface area contributed by atoms with Crippen LogP contribution in [0, 0.1) is 5.92 Å². The molecule has 1 aliphatic rings. The Bertz CT molecular complexity index is 387. The van der Waals surface area contributed by atoms with Crippen molar-refractivity contribution in [3.8, 4) is 0 Å². The second-order valence-electron chi connectivity index (χ2n) is 9.72. The molecule has 198 valence electrons. The van der Waals surface area contributed by atoms with Gasteiger partial charge in [0.15, 0.2) is 0 Å². The highest BCUT2D eigenvalue weighted by molar-refractivity contribution is 4.67. The fraction of sp³-hybridized carbons (Fsp3) is 1.00. The Morgan fingerprint density at radius 2 is 1.24 bits per heavy atom. The monoisotopic (exact) mass is 472 g/mol. The van der Waals surface area contributed by atoms with Crippen molar-refractivity contribution in [2.24, 2.45) is 5.92 Å². The molecule has 0 saturated carbocycles. The van der Waals surface area contributed by atoms with Gasteiger partial charge < -0.3 is 23.7 Å². The normalized spacial score (nSPS) is 16.9. The average Bonchev–Trinajstić information content (AvgIpc) is 3.63. The summed E-state index contributed by atoms with van der Waals surface area (Å²) in [5.74, 6) is -0.0201. The molecule has 0 radical (unpaired) electrons. The van der Waals surface area contributed by atoms with Crippen LogP contribution in [0.4, 0.5) is 0 Å². The zero-order chi connectivity index (χ0) is 24.0. The quantitative estimate of drug-likeness (QED) is 0.0735. The molecule has 5 heteroatoms. The van der Waals surface area contributed by atoms with E-state index < -0.39 is 5.97 Å². The first kappa shape index (κ1) is 30.8. The molecule has 0 amide bonds. The standard InChI is InChI=1S/C28H56O5/c1-5-9-21-31-28(32-22-10-6-2,33-23-11-7-3)19-14-12-13-17-26(16-8-4)18-15-20-29-24-27-25-30-27/h26-27H,5-25H2,1-4H3. The number of epoxide rings is 1. The van der Waals surface area contributed by atoms with Crippen LogP contribution in [0.25, 0.3) is 0 Å². The van der Waals surface area contributed by atoms with Crippen molar-refractivity contribution in [1.82, 2.24) is 0 Å². The fourth-order valence-corrected chi connectivity index (χ4v) is 4.10. The molecule has 1 heterocycles. The summed E-state index contributed by atoms with van der Waals surface area (Å²) >= 11 is 0. The predicted octanol–water partition coefficient (Wildman–Crippen LogP) is 7.65. The van der Waals surface area contributed by atoms with Gasteiger partial charge in [-0.15, -0.1) is 0 Å². The molecule has 1 saturated heterocycles. The van der Waals surface area contributed by atoms with Gasteiger partial charge in [0.1, 0.15) is 6.10 Å². The van der Waals surface area contributed by atoms with Crippen LogP contribution in [0.5, 0.6) is 0 Å². The highest BCUT2D eigenvalue weighted by Gasteiger charge is 2.33. The first-order valence-corrected chi connectivity index (χ1v) is 14.3. The van der Waals surface area contributed by atoms with Crippen LogP contribution < -0.4 is 0 Å². The van der Waals surface area contributed by atoms with Crippen LogP contribution >= 0.6 is 0 Å². The lowest BCUT2D eigenvalue weighted by atomic mass is 9.92. The van der Waals surface area contributed by atoms with Crippen molar-refractivity contribution in [2.45, 2.75) is 136 Å². The van der Waals surface area contributed by atoms with Gasteiger partial charge in [0.05, 0.1) is 33.0 Å². The number of hydrogen-bond donors (Lipinski definition) is 0. The maximum atomic E-state index is 6.26. The summed E-state index contributed by atoms with van der Waals surface area (Å²) in [6.07, 6.45) is 17.7. The van der Waals surface area contributed by atoms with E-state index in [9.17, 15) is 0 Å². The fourth-order valence-electron chi connectivity index (χ4n) is 4.10. The third kappa shape index (κ3) is 17.0. The minimum absolute atomic E-state index is 0.381. The van der Waals surface area contributed by atoms with Gasteiger partial charge in [-0.1, -0.05) is 79.1 Å². The summed E-state index contributed by atoms with van der Waals surface area (Å²) in [4.78, 5) is 0. The SMILES string of the molecule is CCCCOC(CCCCCC(CCC)CCCOCC1CO1)(OCCCC)OCCCC. The van der Waals surface area contributed by atoms with Crippen LogP contribution in [0.2, 0.25) is 0 Å². The largest absolute Gasteiger partial charge is 0.379 e. The predicted molar refractivity (Wildman–Crippen MR) is 137 cm³/mol. The topological polar surface area (TPSA) is 49.5 Å². The first-order valence-electron chi connectivity index (χ1n) is 14.3. The number of unbranched alkanes of at least 4 members (excludes halogenated alkanes) is 5. The molecule has 1 rings (SSSR count). The second kappa shape index (κ2) is 21.1. The zero-order valence-electron chi connectivity index (χ0n) is 22.5. The van der Waals surface area contributed by atoms with E-state index in [1.54, 1.807) is 0 Å². The third-order valence-electron chi connectivity index (χ3n) is 6.36. The third-order valence-corrected chi connectivity index (χ3v) is 6.36. The lowest BCUT2D eigenvalue weighted by molar-refractivity contribution is -0.384. The highest BCUT2D eigenvalue weighted by atomic mass is 16.9. The zero-order valence-corrected chi connectivity index (χ0v) is 22.5. The number of hydrogen-bond acceptors (Lipinski definition) is 5. The molecule has 0 aromatic carbocycles. The van der Waals surface area contributed by atoms with Crippen molar-refractivity contribution in [1.29, 1.82) is 0 Å². The van der Waals surface area contributed by atoms with Crippen molar-refractivity contribution in [3.63, 3.8) is 0 Å². The summed E-state index contributed by atoms with van der Waals surface area (Å²) in [5, 5.41) is 0. The molecule has 1 fully saturated rings. The lowest BCUT2D eigenvalue weighted by Crippen LogP contribution is -2.40. The Kier molecular flexibility index (Phi) is 19.7. The molecule has 0 bridgehead atoms. The molecule has 0 aliphatic carbocycles. The molecule has 5 nitrogen and oxygen atoms in total. The van der Waals surface area contributed by atoms with E-state index in [1.807, 2.05) is 0 Å². The summed E-state index contributed by atoms with van der Waals surface area (Å²) < 4.78 is 29.7. The van der Waals surface area contributed by atoms with E-state index in [1.165, 1.54) is 44.9 Å². The van der Waals surface area contributed by atoms with Gasteiger partial charge in [0.25, 0.3) is 5.97 Å². The Labute approximate surface area is 205 Å². The van der Waals surface area contributed by atoms with Gasteiger partial charge in [-0.05, 0) is 44.4 Å². The van der Waals surface area contributed by atoms with Crippen LogP contribution in [0.15, 0.2) is 0 Å². The van der Waals surface area contributed by atoms with Crippen molar-refractivity contribution in [2.75, 3.05) is 39.6 Å². The Balaban J connectivity index is 2.37. The van der Waals surface area contributed by atoms with E-state index in [2.05, 4.69) is 27.7 Å². The van der Waals surface area contributed by atoms with Gasteiger partial charge in [0.2, 0.25) is 0 Å². The minimum atomic E-state index is -0.842. The van der Waals surface area contributed by atoms with Crippen LogP contribution in [0.3, 0.4) is 0 Å². The molecule has 2 unspecified atom stereocenters. The molecule has 2 atom stereocenters. The lowest BCUT2D eigenvalue weighted by Gasteiger charge is -2.34. The summed E-state index contributed by atoms with van der Waals surface area (Å²) in [5.41, 5.74) is 0. The molecular formula is C28H56O5. The average molecular weight is 473 g/mol. The molecule has 1 aliphatic heterocycles. The van der Waals surface area contributed by atoms with Crippen LogP contribution in [-0.4, -0.2) is 51.7 Å². The van der Waals surface area contributed by atoms with Crippen molar-refractivity contribution < 1.29 is 23.7 Å². The summed E-state index contributed by atoms with van der Waals surface area (Å²) in [6, 6.07) is 0. The molecule has 0 aromatic heterocycles. The Morgan fingerprint density at radius 1 is 0.667 bits per heavy atom. The number of ether oxygens (including phenoxy) is 5. The highest BCUT2D eigenvalue weighted by Crippen LogP contribution is 2.27. The first-order chi connectivity index (χ1) is 16.2. The van der Waals surface area contributed by atoms with Crippen molar-refractivity contribution >= 4 is 0 Å². The molecule has 0 spiro atoms. The van der Waals surface area contributed by atoms with Crippen LogP contribution in [-0.2, 0) is 23.7 Å². The van der Waals surface area contributed by atoms with Gasteiger partial charge in [-0.25, -0.2) is 0 Å². The smallest absolute Gasteiger partial charge is 0.282 e. The van der Waals surface area contributed by atoms with Crippen LogP contribution in [0.1, 0.15) is 124 Å². The van der Waals surface area contributed by atoms with E-state index in [0.717, 1.165) is 77.1 Å². The van der Waals surface area contributed by atoms with Gasteiger partial charge in [-0.3, -0.25) is 0 Å². The van der Waals surface area contributed by atoms with E-state index in [4.69, 9.17) is 23.7 Å². The maximum absolute atomic E-state index is 6.26. The molecule has 0 aromatic rings. The molecular weight excluding hydrogens is 416 g/mol. The Morgan fingerprint density at radius 3 is 1.76 bits per heavy atom. The number of rotatable bonds is 26. The summed E-state index contributed by atoms with van der Waals surface area (Å²) in [6.45, 7) is 13.6. The minimum Gasteiger partial charge on any atom is -0.379 e. The van der Waals surface area contributed by atoms with E-state index in [0.29, 0.717) is 25.9 Å². The summed E-state index contributed by atoms with van der Waals surface area (Å²) in [7, 11) is 0.